The summed E-state index contributed by atoms with van der Waals surface area (Å²) in [6, 6.07) is 7.63. The number of hydrogen-bond donors (Lipinski definition) is 5. The van der Waals surface area contributed by atoms with E-state index >= 15 is 0 Å². The van der Waals surface area contributed by atoms with Gasteiger partial charge in [-0.25, -0.2) is 9.78 Å². The Labute approximate surface area is 143 Å². The van der Waals surface area contributed by atoms with Crippen molar-refractivity contribution < 1.29 is 30.3 Å². The van der Waals surface area contributed by atoms with E-state index in [4.69, 9.17) is 9.84 Å². The zero-order chi connectivity index (χ0) is 18.6. The predicted octanol–water partition coefficient (Wildman–Crippen LogP) is -1.65. The van der Waals surface area contributed by atoms with E-state index in [1.807, 2.05) is 0 Å². The van der Waals surface area contributed by atoms with Crippen LogP contribution in [0.5, 0.6) is 5.75 Å². The molecule has 0 aliphatic rings. The second-order valence-electron chi connectivity index (χ2n) is 5.36. The zero-order valence-corrected chi connectivity index (χ0v) is 13.4. The van der Waals surface area contributed by atoms with Gasteiger partial charge in [0.15, 0.2) is 0 Å². The largest absolute Gasteiger partial charge is 0.497 e. The van der Waals surface area contributed by atoms with Crippen LogP contribution in [0.2, 0.25) is 0 Å². The van der Waals surface area contributed by atoms with Gasteiger partial charge in [-0.1, -0.05) is 0 Å². The molecule has 0 saturated heterocycles. The number of aromatic nitrogens is 2. The molecule has 1 aromatic heterocycles. The fraction of sp³-hybridized carbons (Fsp3) is 0.375. The van der Waals surface area contributed by atoms with Crippen LogP contribution in [0.15, 0.2) is 41.3 Å². The second-order valence-corrected chi connectivity index (χ2v) is 5.36. The minimum Gasteiger partial charge on any atom is -0.497 e. The van der Waals surface area contributed by atoms with Crippen LogP contribution in [0.1, 0.15) is 11.8 Å². The highest BCUT2D eigenvalue weighted by Gasteiger charge is 2.32. The highest BCUT2D eigenvalue weighted by atomic mass is 16.5. The van der Waals surface area contributed by atoms with Gasteiger partial charge in [-0.3, -0.25) is 4.57 Å². The van der Waals surface area contributed by atoms with E-state index in [9.17, 15) is 25.2 Å². The molecule has 0 radical (unpaired) electrons. The van der Waals surface area contributed by atoms with Gasteiger partial charge >= 0.3 is 5.69 Å². The van der Waals surface area contributed by atoms with Crippen LogP contribution in [0.4, 0.5) is 0 Å². The Morgan fingerprint density at radius 1 is 1.08 bits per heavy atom. The first-order valence-corrected chi connectivity index (χ1v) is 7.46. The predicted molar refractivity (Wildman–Crippen MR) is 86.5 cm³/mol. The normalized spacial score (nSPS) is 16.1. The Bertz CT molecular complexity index is 747. The summed E-state index contributed by atoms with van der Waals surface area (Å²) in [6.45, 7) is -0.799. The van der Waals surface area contributed by atoms with Crippen LogP contribution < -0.4 is 10.4 Å². The van der Waals surface area contributed by atoms with Crippen molar-refractivity contribution in [2.75, 3.05) is 13.7 Å². The maximum absolute atomic E-state index is 12.2. The highest BCUT2D eigenvalue weighted by molar-refractivity contribution is 5.39. The van der Waals surface area contributed by atoms with Crippen LogP contribution in [-0.2, 0) is 0 Å². The Balaban J connectivity index is 2.44. The monoisotopic (exact) mass is 352 g/mol. The summed E-state index contributed by atoms with van der Waals surface area (Å²) >= 11 is 0. The number of aliphatic hydroxyl groups is 5. The third-order valence-corrected chi connectivity index (χ3v) is 3.77. The van der Waals surface area contributed by atoms with Crippen molar-refractivity contribution in [1.82, 2.24) is 9.55 Å². The molecule has 1 aromatic carbocycles. The number of ether oxygens (including phenoxy) is 1. The summed E-state index contributed by atoms with van der Waals surface area (Å²) in [4.78, 5) is 15.8. The Hall–Kier alpha value is -2.30. The van der Waals surface area contributed by atoms with E-state index in [1.54, 1.807) is 24.3 Å². The first-order valence-electron chi connectivity index (χ1n) is 7.46. The molecular weight excluding hydrogens is 332 g/mol. The average Bonchev–Trinajstić information content (AvgIpc) is 2.65. The van der Waals surface area contributed by atoms with Crippen LogP contribution in [0.3, 0.4) is 0 Å². The standard InChI is InChI=1S/C16H20N2O7/c1-25-10-4-2-9(3-5-10)18-11(6-7-17-16(18)24)13(21)15(23)14(22)12(20)8-19/h2-7,12-15,19-23H,8H2,1H3/t12-,13?,14+,15+/m1/s1. The third-order valence-electron chi connectivity index (χ3n) is 3.77. The summed E-state index contributed by atoms with van der Waals surface area (Å²) in [7, 11) is 1.49. The minimum absolute atomic E-state index is 0.0399. The lowest BCUT2D eigenvalue weighted by Crippen LogP contribution is -2.43. The number of rotatable bonds is 7. The maximum atomic E-state index is 12.2. The third kappa shape index (κ3) is 4.03. The van der Waals surface area contributed by atoms with Crippen LogP contribution in [-0.4, -0.2) is 67.1 Å². The Morgan fingerprint density at radius 2 is 1.72 bits per heavy atom. The lowest BCUT2D eigenvalue weighted by Gasteiger charge is -2.27. The van der Waals surface area contributed by atoms with E-state index in [-0.39, 0.29) is 5.69 Å². The van der Waals surface area contributed by atoms with Gasteiger partial charge in [0.1, 0.15) is 30.2 Å². The van der Waals surface area contributed by atoms with E-state index in [1.165, 1.54) is 13.2 Å². The molecule has 2 rings (SSSR count). The van der Waals surface area contributed by atoms with Crippen molar-refractivity contribution in [3.8, 4) is 11.4 Å². The van der Waals surface area contributed by atoms with E-state index in [2.05, 4.69) is 4.98 Å². The first kappa shape index (κ1) is 19.0. The highest BCUT2D eigenvalue weighted by Crippen LogP contribution is 2.22. The summed E-state index contributed by atoms with van der Waals surface area (Å²) in [5.41, 5.74) is -0.384. The van der Waals surface area contributed by atoms with Gasteiger partial charge in [0.2, 0.25) is 0 Å². The lowest BCUT2D eigenvalue weighted by atomic mass is 10.0. The molecule has 0 spiro atoms. The molecule has 0 saturated carbocycles. The van der Waals surface area contributed by atoms with Gasteiger partial charge in [-0.2, -0.15) is 0 Å². The van der Waals surface area contributed by atoms with Gasteiger partial charge in [0.05, 0.1) is 25.1 Å². The number of methoxy groups -OCH3 is 1. The summed E-state index contributed by atoms with van der Waals surface area (Å²) in [5, 5.41) is 48.5. The smallest absolute Gasteiger partial charge is 0.352 e. The van der Waals surface area contributed by atoms with Gasteiger partial charge < -0.3 is 30.3 Å². The van der Waals surface area contributed by atoms with Crippen LogP contribution in [0, 0.1) is 0 Å². The molecule has 1 unspecified atom stereocenters. The number of benzene rings is 1. The van der Waals surface area contributed by atoms with Crippen LogP contribution >= 0.6 is 0 Å². The molecule has 136 valence electrons. The minimum atomic E-state index is -1.84. The molecule has 9 nitrogen and oxygen atoms in total. The van der Waals surface area contributed by atoms with Crippen molar-refractivity contribution >= 4 is 0 Å². The van der Waals surface area contributed by atoms with Crippen LogP contribution in [0.25, 0.3) is 5.69 Å². The number of nitrogens with zero attached hydrogens (tertiary/aromatic N) is 2. The maximum Gasteiger partial charge on any atom is 0.352 e. The second kappa shape index (κ2) is 8.19. The van der Waals surface area contributed by atoms with E-state index < -0.39 is 36.7 Å². The molecule has 0 amide bonds. The molecule has 0 bridgehead atoms. The van der Waals surface area contributed by atoms with Gasteiger partial charge in [-0.05, 0) is 30.3 Å². The van der Waals surface area contributed by atoms with Gasteiger partial charge in [0, 0.05) is 6.20 Å². The Kier molecular flexibility index (Phi) is 6.23. The molecule has 0 aliphatic carbocycles. The average molecular weight is 352 g/mol. The summed E-state index contributed by atoms with van der Waals surface area (Å²) in [5.74, 6) is 0.560. The van der Waals surface area contributed by atoms with Crippen molar-refractivity contribution in [2.24, 2.45) is 0 Å². The van der Waals surface area contributed by atoms with Crippen molar-refractivity contribution in [3.63, 3.8) is 0 Å². The summed E-state index contributed by atoms with van der Waals surface area (Å²) in [6.07, 6.45) is -5.86. The van der Waals surface area contributed by atoms with Crippen molar-refractivity contribution in [1.29, 1.82) is 0 Å². The molecule has 4 atom stereocenters. The quantitative estimate of drug-likeness (QED) is 0.398. The Morgan fingerprint density at radius 3 is 2.28 bits per heavy atom. The fourth-order valence-corrected chi connectivity index (χ4v) is 2.34. The first-order chi connectivity index (χ1) is 11.9. The molecular formula is C16H20N2O7. The molecule has 25 heavy (non-hydrogen) atoms. The molecule has 0 fully saturated rings. The van der Waals surface area contributed by atoms with Crippen molar-refractivity contribution in [2.45, 2.75) is 24.4 Å². The number of hydrogen-bond acceptors (Lipinski definition) is 8. The zero-order valence-electron chi connectivity index (χ0n) is 13.4. The van der Waals surface area contributed by atoms with Gasteiger partial charge in [0.25, 0.3) is 0 Å². The summed E-state index contributed by atoms with van der Waals surface area (Å²) < 4.78 is 6.11. The van der Waals surface area contributed by atoms with Gasteiger partial charge in [-0.15, -0.1) is 0 Å². The lowest BCUT2D eigenvalue weighted by molar-refractivity contribution is -0.117. The topological polar surface area (TPSA) is 145 Å². The fourth-order valence-electron chi connectivity index (χ4n) is 2.34. The SMILES string of the molecule is COc1ccc(-n2c(C(O)[C@H](O)[C@@H](O)[C@H](O)CO)ccnc2=O)cc1. The van der Waals surface area contributed by atoms with E-state index in [0.717, 1.165) is 10.8 Å². The van der Waals surface area contributed by atoms with Crippen molar-refractivity contribution in [3.05, 3.63) is 52.7 Å². The number of aliphatic hydroxyl groups excluding tert-OH is 5. The molecule has 5 N–H and O–H groups in total. The molecule has 9 heteroatoms. The molecule has 1 heterocycles. The van der Waals surface area contributed by atoms with E-state index in [0.29, 0.717) is 11.4 Å². The molecule has 2 aromatic rings. The molecule has 0 aliphatic heterocycles.